The van der Waals surface area contributed by atoms with Crippen LogP contribution in [0.15, 0.2) is 12.4 Å². The Morgan fingerprint density at radius 2 is 2.64 bits per heavy atom. The van der Waals surface area contributed by atoms with Gasteiger partial charge >= 0.3 is 0 Å². The van der Waals surface area contributed by atoms with Gasteiger partial charge in [-0.1, -0.05) is 0 Å². The minimum Gasteiger partial charge on any atom is -0.378 e. The number of nitrogens with one attached hydrogen (secondary N) is 2. The third-order valence-electron chi connectivity index (χ3n) is 2.63. The Balaban J connectivity index is 1.75. The molecule has 4 heteroatoms. The molecule has 1 aromatic heterocycles. The predicted molar refractivity (Wildman–Crippen MR) is 53.9 cm³/mol. The minimum atomic E-state index is 0.394. The third-order valence-corrected chi connectivity index (χ3v) is 2.63. The van der Waals surface area contributed by atoms with Gasteiger partial charge in [0.15, 0.2) is 0 Å². The van der Waals surface area contributed by atoms with E-state index in [2.05, 4.69) is 22.4 Å². The van der Waals surface area contributed by atoms with Crippen LogP contribution in [0, 0.1) is 0 Å². The van der Waals surface area contributed by atoms with E-state index in [-0.39, 0.29) is 0 Å². The number of H-pyrrole nitrogens is 1. The van der Waals surface area contributed by atoms with E-state index in [4.69, 9.17) is 4.74 Å². The maximum absolute atomic E-state index is 5.49. The van der Waals surface area contributed by atoms with Gasteiger partial charge in [0.1, 0.15) is 0 Å². The van der Waals surface area contributed by atoms with Gasteiger partial charge < -0.3 is 10.1 Å². The zero-order valence-corrected chi connectivity index (χ0v) is 8.49. The monoisotopic (exact) mass is 195 g/mol. The fourth-order valence-electron chi connectivity index (χ4n) is 1.82. The Morgan fingerprint density at radius 3 is 3.36 bits per heavy atom. The molecule has 1 aliphatic heterocycles. The van der Waals surface area contributed by atoms with Gasteiger partial charge in [-0.05, 0) is 19.8 Å². The highest BCUT2D eigenvalue weighted by molar-refractivity contribution is 5.01. The van der Waals surface area contributed by atoms with Crippen molar-refractivity contribution in [1.82, 2.24) is 15.5 Å². The third kappa shape index (κ3) is 2.56. The van der Waals surface area contributed by atoms with Crippen LogP contribution < -0.4 is 5.32 Å². The summed E-state index contributed by atoms with van der Waals surface area (Å²) in [4.78, 5) is 0. The van der Waals surface area contributed by atoms with Gasteiger partial charge in [-0.25, -0.2) is 0 Å². The van der Waals surface area contributed by atoms with Crippen molar-refractivity contribution in [3.63, 3.8) is 0 Å². The molecule has 2 heterocycles. The maximum atomic E-state index is 5.49. The van der Waals surface area contributed by atoms with E-state index < -0.39 is 0 Å². The molecule has 2 atom stereocenters. The van der Waals surface area contributed by atoms with E-state index in [9.17, 15) is 0 Å². The Kier molecular flexibility index (Phi) is 3.16. The first-order valence-electron chi connectivity index (χ1n) is 5.17. The molecule has 0 aliphatic carbocycles. The minimum absolute atomic E-state index is 0.394. The fourth-order valence-corrected chi connectivity index (χ4v) is 1.82. The van der Waals surface area contributed by atoms with Crippen LogP contribution >= 0.6 is 0 Å². The van der Waals surface area contributed by atoms with Crippen molar-refractivity contribution in [3.8, 4) is 0 Å². The summed E-state index contributed by atoms with van der Waals surface area (Å²) in [5.74, 6) is 0. The molecule has 1 aromatic rings. The Labute approximate surface area is 84.0 Å². The predicted octanol–water partition coefficient (Wildman–Crippen LogP) is 1.07. The van der Waals surface area contributed by atoms with E-state index in [1.807, 2.05) is 12.4 Å². The molecule has 0 amide bonds. The average Bonchev–Trinajstić information content (AvgIpc) is 2.67. The standard InChI is InChI=1S/C10H17N3O/c1-8-4-10(2-3-14-8)11-5-9-6-12-13-7-9/h6-8,10-11H,2-5H2,1H3,(H,12,13). The van der Waals surface area contributed by atoms with Gasteiger partial charge in [0.05, 0.1) is 12.3 Å². The molecule has 78 valence electrons. The second-order valence-electron chi connectivity index (χ2n) is 3.89. The highest BCUT2D eigenvalue weighted by atomic mass is 16.5. The van der Waals surface area contributed by atoms with Crippen molar-refractivity contribution in [2.45, 2.75) is 38.5 Å². The lowest BCUT2D eigenvalue weighted by Crippen LogP contribution is -2.37. The Bertz CT molecular complexity index is 260. The lowest BCUT2D eigenvalue weighted by Gasteiger charge is -2.27. The van der Waals surface area contributed by atoms with E-state index in [0.717, 1.165) is 26.0 Å². The molecule has 1 aliphatic rings. The molecule has 0 radical (unpaired) electrons. The molecule has 4 nitrogen and oxygen atoms in total. The molecule has 2 rings (SSSR count). The largest absolute Gasteiger partial charge is 0.378 e. The summed E-state index contributed by atoms with van der Waals surface area (Å²) in [7, 11) is 0. The summed E-state index contributed by atoms with van der Waals surface area (Å²) in [5, 5.41) is 10.2. The van der Waals surface area contributed by atoms with Gasteiger partial charge in [0.25, 0.3) is 0 Å². The van der Waals surface area contributed by atoms with Crippen LogP contribution in [-0.2, 0) is 11.3 Å². The summed E-state index contributed by atoms with van der Waals surface area (Å²) in [6, 6.07) is 0.591. The highest BCUT2D eigenvalue weighted by Gasteiger charge is 2.18. The van der Waals surface area contributed by atoms with Crippen molar-refractivity contribution >= 4 is 0 Å². The molecule has 1 saturated heterocycles. The van der Waals surface area contributed by atoms with Crippen LogP contribution in [0.5, 0.6) is 0 Å². The van der Waals surface area contributed by atoms with Gasteiger partial charge in [-0.2, -0.15) is 5.10 Å². The molecule has 2 N–H and O–H groups in total. The molecule has 1 fully saturated rings. The first-order chi connectivity index (χ1) is 6.84. The van der Waals surface area contributed by atoms with Crippen LogP contribution in [0.2, 0.25) is 0 Å². The van der Waals surface area contributed by atoms with E-state index in [1.165, 1.54) is 5.56 Å². The van der Waals surface area contributed by atoms with Crippen LogP contribution in [0.3, 0.4) is 0 Å². The molecular formula is C10H17N3O. The topological polar surface area (TPSA) is 49.9 Å². The van der Waals surface area contributed by atoms with Crippen LogP contribution in [0.4, 0.5) is 0 Å². The summed E-state index contributed by atoms with van der Waals surface area (Å²) in [5.41, 5.74) is 1.21. The Morgan fingerprint density at radius 1 is 1.71 bits per heavy atom. The average molecular weight is 195 g/mol. The number of rotatable bonds is 3. The van der Waals surface area contributed by atoms with Crippen molar-refractivity contribution in [1.29, 1.82) is 0 Å². The summed E-state index contributed by atoms with van der Waals surface area (Å²) in [6.45, 7) is 3.91. The van der Waals surface area contributed by atoms with Crippen LogP contribution in [0.25, 0.3) is 0 Å². The van der Waals surface area contributed by atoms with Crippen LogP contribution in [-0.4, -0.2) is 29.0 Å². The molecule has 0 spiro atoms. The van der Waals surface area contributed by atoms with Crippen molar-refractivity contribution < 1.29 is 4.74 Å². The van der Waals surface area contributed by atoms with Crippen molar-refractivity contribution in [2.75, 3.05) is 6.61 Å². The number of ether oxygens (including phenoxy) is 1. The van der Waals surface area contributed by atoms with E-state index >= 15 is 0 Å². The lowest BCUT2D eigenvalue weighted by molar-refractivity contribution is 0.0130. The number of nitrogens with zero attached hydrogens (tertiary/aromatic N) is 1. The van der Waals surface area contributed by atoms with Crippen molar-refractivity contribution in [3.05, 3.63) is 18.0 Å². The Hall–Kier alpha value is -0.870. The van der Waals surface area contributed by atoms with E-state index in [0.29, 0.717) is 12.1 Å². The first-order valence-corrected chi connectivity index (χ1v) is 5.17. The molecule has 0 saturated carbocycles. The first kappa shape index (κ1) is 9.68. The zero-order valence-electron chi connectivity index (χ0n) is 8.49. The van der Waals surface area contributed by atoms with Gasteiger partial charge in [0, 0.05) is 31.0 Å². The second-order valence-corrected chi connectivity index (χ2v) is 3.89. The number of hydrogen-bond acceptors (Lipinski definition) is 3. The number of aromatic amines is 1. The molecule has 2 unspecified atom stereocenters. The van der Waals surface area contributed by atoms with Gasteiger partial charge in [0.2, 0.25) is 0 Å². The van der Waals surface area contributed by atoms with Gasteiger partial charge in [-0.15, -0.1) is 0 Å². The molecular weight excluding hydrogens is 178 g/mol. The van der Waals surface area contributed by atoms with Gasteiger partial charge in [-0.3, -0.25) is 5.10 Å². The van der Waals surface area contributed by atoms with Crippen molar-refractivity contribution in [2.24, 2.45) is 0 Å². The molecule has 0 aromatic carbocycles. The second kappa shape index (κ2) is 4.57. The molecule has 14 heavy (non-hydrogen) atoms. The summed E-state index contributed by atoms with van der Waals surface area (Å²) < 4.78 is 5.49. The quantitative estimate of drug-likeness (QED) is 0.758. The van der Waals surface area contributed by atoms with E-state index in [1.54, 1.807) is 0 Å². The maximum Gasteiger partial charge on any atom is 0.0561 e. The smallest absolute Gasteiger partial charge is 0.0561 e. The number of hydrogen-bond donors (Lipinski definition) is 2. The normalized spacial score (nSPS) is 27.8. The zero-order chi connectivity index (χ0) is 9.80. The summed E-state index contributed by atoms with van der Waals surface area (Å²) in [6.07, 6.45) is 6.40. The fraction of sp³-hybridized carbons (Fsp3) is 0.700. The lowest BCUT2D eigenvalue weighted by atomic mass is 10.0. The SMILES string of the molecule is CC1CC(NCc2cn[nH]c2)CCO1. The number of aromatic nitrogens is 2. The summed E-state index contributed by atoms with van der Waals surface area (Å²) >= 11 is 0. The van der Waals surface area contributed by atoms with Crippen LogP contribution in [0.1, 0.15) is 25.3 Å². The molecule has 0 bridgehead atoms. The highest BCUT2D eigenvalue weighted by Crippen LogP contribution is 2.13.